The lowest BCUT2D eigenvalue weighted by Gasteiger charge is -2.11. The van der Waals surface area contributed by atoms with E-state index in [1.165, 1.54) is 12.1 Å². The molecule has 1 saturated carbocycles. The first-order chi connectivity index (χ1) is 17.7. The molecule has 1 fully saturated rings. The van der Waals surface area contributed by atoms with E-state index in [4.69, 9.17) is 9.97 Å². The van der Waals surface area contributed by atoms with Gasteiger partial charge in [-0.3, -0.25) is 14.8 Å². The molecular weight excluding hydrogens is 500 g/mol. The number of fused-ring (bicyclic) bond motifs is 1. The Balaban J connectivity index is 1.34. The number of hydrogen-bond acceptors (Lipinski definition) is 7. The number of nitrogens with one attached hydrogen (secondary N) is 1. The van der Waals surface area contributed by atoms with Crippen LogP contribution in [0.5, 0.6) is 0 Å². The highest BCUT2D eigenvalue weighted by Gasteiger charge is 2.25. The zero-order chi connectivity index (χ0) is 26.2. The first-order valence-electron chi connectivity index (χ1n) is 11.6. The molecule has 11 heteroatoms. The molecule has 5 rings (SSSR count). The summed E-state index contributed by atoms with van der Waals surface area (Å²) in [5.74, 6) is -0.0781. The first kappa shape index (κ1) is 24.8. The van der Waals surface area contributed by atoms with Crippen molar-refractivity contribution in [2.24, 2.45) is 0 Å². The van der Waals surface area contributed by atoms with Gasteiger partial charge in [0.25, 0.3) is 5.91 Å². The van der Waals surface area contributed by atoms with Crippen LogP contribution >= 0.6 is 0 Å². The Morgan fingerprint density at radius 1 is 1.05 bits per heavy atom. The van der Waals surface area contributed by atoms with Crippen LogP contribution in [-0.2, 0) is 22.8 Å². The topological polar surface area (TPSA) is 115 Å². The van der Waals surface area contributed by atoms with Gasteiger partial charge in [-0.15, -0.1) is 0 Å². The minimum atomic E-state index is -3.80. The molecule has 0 unspecified atom stereocenters. The maximum atomic E-state index is 12.8. The summed E-state index contributed by atoms with van der Waals surface area (Å²) in [5, 5.41) is 3.51. The van der Waals surface area contributed by atoms with Gasteiger partial charge >= 0.3 is 0 Å². The molecule has 0 saturated heterocycles. The average molecular weight is 524 g/mol. The molecule has 0 aliphatic heterocycles. The Morgan fingerprint density at radius 3 is 2.59 bits per heavy atom. The maximum Gasteiger partial charge on any atom is 0.251 e. The van der Waals surface area contributed by atoms with Gasteiger partial charge in [-0.2, -0.15) is 0 Å². The number of aromatic nitrogens is 4. The molecule has 1 N–H and O–H groups in total. The lowest BCUT2D eigenvalue weighted by atomic mass is 10.1. The minimum Gasteiger partial charge on any atom is -0.346 e. The minimum absolute atomic E-state index is 0.0283. The average Bonchev–Trinajstić information content (AvgIpc) is 3.72. The number of rotatable bonds is 8. The van der Waals surface area contributed by atoms with E-state index in [-0.39, 0.29) is 22.6 Å². The van der Waals surface area contributed by atoms with Crippen LogP contribution in [0.3, 0.4) is 0 Å². The van der Waals surface area contributed by atoms with E-state index < -0.39 is 28.6 Å². The van der Waals surface area contributed by atoms with Gasteiger partial charge in [-0.05, 0) is 48.7 Å². The number of benzene rings is 1. The zero-order valence-corrected chi connectivity index (χ0v) is 20.7. The molecule has 1 aliphatic rings. The highest BCUT2D eigenvalue weighted by molar-refractivity contribution is 7.90. The van der Waals surface area contributed by atoms with Crippen LogP contribution in [-0.4, -0.2) is 46.9 Å². The number of halogens is 2. The molecule has 1 amide bonds. The number of carbonyl (C=O) groups excluding carboxylic acids is 1. The van der Waals surface area contributed by atoms with E-state index >= 15 is 0 Å². The van der Waals surface area contributed by atoms with Crippen molar-refractivity contribution in [1.29, 1.82) is 0 Å². The van der Waals surface area contributed by atoms with Crippen LogP contribution in [0.15, 0.2) is 59.9 Å². The molecule has 1 aliphatic carbocycles. The molecule has 3 heterocycles. The third-order valence-corrected chi connectivity index (χ3v) is 7.25. The second-order valence-corrected chi connectivity index (χ2v) is 11.0. The largest absolute Gasteiger partial charge is 0.346 e. The fraction of sp³-hybridized carbons (Fsp3) is 0.269. The van der Waals surface area contributed by atoms with Crippen molar-refractivity contribution in [3.63, 3.8) is 0 Å². The summed E-state index contributed by atoms with van der Waals surface area (Å²) in [4.78, 5) is 30.5. The molecule has 0 radical (unpaired) electrons. The Labute approximate surface area is 212 Å². The van der Waals surface area contributed by atoms with Crippen LogP contribution in [0, 0.1) is 0 Å². The third kappa shape index (κ3) is 5.77. The summed E-state index contributed by atoms with van der Waals surface area (Å²) in [6.07, 6.45) is 4.88. The fourth-order valence-electron chi connectivity index (χ4n) is 4.03. The summed E-state index contributed by atoms with van der Waals surface area (Å²) in [6.45, 7) is 0.0602. The van der Waals surface area contributed by atoms with E-state index in [0.29, 0.717) is 28.5 Å². The number of nitrogens with zero attached hydrogens (tertiary/aromatic N) is 4. The third-order valence-electron chi connectivity index (χ3n) is 6.07. The predicted molar refractivity (Wildman–Crippen MR) is 133 cm³/mol. The van der Waals surface area contributed by atoms with E-state index in [0.717, 1.165) is 36.2 Å². The number of pyridine rings is 2. The SMILES string of the molecule is CS(=O)(=O)c1cc(C(=O)NCc2cc3nc(-c4cncc(C5CC5)n4)ccc3cn2)ccc1CC(F)F. The predicted octanol–water partition coefficient (Wildman–Crippen LogP) is 4.11. The molecule has 0 atom stereocenters. The van der Waals surface area contributed by atoms with Crippen molar-refractivity contribution >= 4 is 26.6 Å². The smallest absolute Gasteiger partial charge is 0.251 e. The van der Waals surface area contributed by atoms with Crippen molar-refractivity contribution in [2.75, 3.05) is 6.26 Å². The monoisotopic (exact) mass is 523 g/mol. The summed E-state index contributed by atoms with van der Waals surface area (Å²) in [5.41, 5.74) is 3.58. The normalized spacial score (nSPS) is 13.7. The standard InChI is InChI=1S/C26H23F2N5O3S/c1-37(35,36)24-8-17(5-4-16(24)9-25(27)28)26(34)31-12-19-10-21-18(11-30-19)6-7-20(32-21)23-14-29-13-22(33-23)15-2-3-15/h4-8,10-11,13-15,25H,2-3,9,12H2,1H3,(H,31,34). The van der Waals surface area contributed by atoms with E-state index in [1.54, 1.807) is 24.7 Å². The van der Waals surface area contributed by atoms with Crippen LogP contribution in [0.25, 0.3) is 22.3 Å². The highest BCUT2D eigenvalue weighted by atomic mass is 32.2. The van der Waals surface area contributed by atoms with Crippen molar-refractivity contribution < 1.29 is 22.0 Å². The summed E-state index contributed by atoms with van der Waals surface area (Å²) in [7, 11) is -3.80. The number of amides is 1. The van der Waals surface area contributed by atoms with Gasteiger partial charge in [0.2, 0.25) is 6.43 Å². The van der Waals surface area contributed by atoms with Crippen LogP contribution in [0.2, 0.25) is 0 Å². The van der Waals surface area contributed by atoms with Gasteiger partial charge in [-0.1, -0.05) is 6.07 Å². The second kappa shape index (κ2) is 9.89. The number of sulfone groups is 1. The fourth-order valence-corrected chi connectivity index (χ4v) is 4.99. The molecule has 4 aromatic rings. The number of alkyl halides is 2. The van der Waals surface area contributed by atoms with Gasteiger partial charge in [0.1, 0.15) is 5.69 Å². The number of hydrogen-bond donors (Lipinski definition) is 1. The Bertz CT molecular complexity index is 1610. The molecule has 3 aromatic heterocycles. The second-order valence-electron chi connectivity index (χ2n) is 9.04. The van der Waals surface area contributed by atoms with Gasteiger partial charge in [0.15, 0.2) is 9.84 Å². The number of carbonyl (C=O) groups is 1. The van der Waals surface area contributed by atoms with Gasteiger partial charge < -0.3 is 5.32 Å². The molecule has 37 heavy (non-hydrogen) atoms. The van der Waals surface area contributed by atoms with Crippen molar-refractivity contribution in [1.82, 2.24) is 25.3 Å². The Morgan fingerprint density at radius 2 is 1.86 bits per heavy atom. The molecule has 0 bridgehead atoms. The zero-order valence-electron chi connectivity index (χ0n) is 19.9. The lowest BCUT2D eigenvalue weighted by Crippen LogP contribution is -2.24. The summed E-state index contributed by atoms with van der Waals surface area (Å²) < 4.78 is 49.9. The van der Waals surface area contributed by atoms with Gasteiger partial charge in [-0.25, -0.2) is 27.2 Å². The van der Waals surface area contributed by atoms with E-state index in [1.807, 2.05) is 12.1 Å². The maximum absolute atomic E-state index is 12.8. The van der Waals surface area contributed by atoms with Crippen molar-refractivity contribution in [3.8, 4) is 11.4 Å². The Kier molecular flexibility index (Phi) is 6.63. The quantitative estimate of drug-likeness (QED) is 0.370. The van der Waals surface area contributed by atoms with E-state index in [9.17, 15) is 22.0 Å². The summed E-state index contributed by atoms with van der Waals surface area (Å²) in [6, 6.07) is 9.22. The molecular formula is C26H23F2N5O3S. The van der Waals surface area contributed by atoms with Crippen LogP contribution in [0.1, 0.15) is 46.1 Å². The lowest BCUT2D eigenvalue weighted by molar-refractivity contribution is 0.0950. The van der Waals surface area contributed by atoms with E-state index in [2.05, 4.69) is 15.3 Å². The van der Waals surface area contributed by atoms with Crippen molar-refractivity contribution in [2.45, 2.75) is 43.0 Å². The molecule has 0 spiro atoms. The molecule has 1 aromatic carbocycles. The Hall–Kier alpha value is -3.86. The highest BCUT2D eigenvalue weighted by Crippen LogP contribution is 2.39. The van der Waals surface area contributed by atoms with Crippen LogP contribution < -0.4 is 5.32 Å². The first-order valence-corrected chi connectivity index (χ1v) is 13.5. The van der Waals surface area contributed by atoms with Gasteiger partial charge in [0.05, 0.1) is 40.2 Å². The van der Waals surface area contributed by atoms with Gasteiger partial charge in [0, 0.05) is 41.9 Å². The summed E-state index contributed by atoms with van der Waals surface area (Å²) >= 11 is 0. The molecule has 8 nitrogen and oxygen atoms in total. The van der Waals surface area contributed by atoms with Crippen LogP contribution in [0.4, 0.5) is 8.78 Å². The molecule has 190 valence electrons. The van der Waals surface area contributed by atoms with Crippen molar-refractivity contribution in [3.05, 3.63) is 77.5 Å².